The van der Waals surface area contributed by atoms with E-state index in [1.165, 1.54) is 5.56 Å². The van der Waals surface area contributed by atoms with Gasteiger partial charge in [-0.3, -0.25) is 0 Å². The van der Waals surface area contributed by atoms with Gasteiger partial charge in [0.1, 0.15) is 5.75 Å². The average Bonchev–Trinajstić information content (AvgIpc) is 2.90. The molecule has 0 fully saturated rings. The smallest absolute Gasteiger partial charge is 0.173 e. The normalized spacial score (nSPS) is 12.3. The third kappa shape index (κ3) is 3.87. The molecule has 0 amide bonds. The van der Waals surface area contributed by atoms with Crippen molar-refractivity contribution in [2.24, 2.45) is 0 Å². The van der Waals surface area contributed by atoms with Crippen LogP contribution >= 0.6 is 15.9 Å². The van der Waals surface area contributed by atoms with E-state index in [9.17, 15) is 0 Å². The summed E-state index contributed by atoms with van der Waals surface area (Å²) in [6, 6.07) is 10.5. The summed E-state index contributed by atoms with van der Waals surface area (Å²) < 4.78 is 11.4. The fourth-order valence-corrected chi connectivity index (χ4v) is 2.68. The maximum atomic E-state index is 5.36. The van der Waals surface area contributed by atoms with Gasteiger partial charge in [-0.05, 0) is 59.1 Å². The average molecular weight is 338 g/mol. The Kier molecular flexibility index (Phi) is 5.68. The molecule has 20 heavy (non-hydrogen) atoms. The summed E-state index contributed by atoms with van der Waals surface area (Å²) in [5, 5.41) is 3.57. The molecule has 0 aliphatic heterocycles. The Hall–Kier alpha value is -1.26. The van der Waals surface area contributed by atoms with Crippen LogP contribution in [0.4, 0.5) is 0 Å². The molecule has 0 spiro atoms. The topological polar surface area (TPSA) is 34.4 Å². The summed E-state index contributed by atoms with van der Waals surface area (Å²) in [6.07, 6.45) is 3.74. The number of nitrogens with one attached hydrogen (secondary N) is 1. The predicted molar refractivity (Wildman–Crippen MR) is 84.1 cm³/mol. The monoisotopic (exact) mass is 337 g/mol. The molecule has 0 bridgehead atoms. The first-order chi connectivity index (χ1) is 9.74. The summed E-state index contributed by atoms with van der Waals surface area (Å²) in [7, 11) is 1.68. The number of furan rings is 1. The number of ether oxygens (including phenoxy) is 1. The van der Waals surface area contributed by atoms with E-state index >= 15 is 0 Å². The van der Waals surface area contributed by atoms with Crippen LogP contribution < -0.4 is 10.1 Å². The van der Waals surface area contributed by atoms with E-state index in [-0.39, 0.29) is 6.04 Å². The van der Waals surface area contributed by atoms with Crippen LogP contribution in [0.25, 0.3) is 0 Å². The highest BCUT2D eigenvalue weighted by Gasteiger charge is 2.16. The second-order valence-electron chi connectivity index (χ2n) is 4.71. The van der Waals surface area contributed by atoms with Gasteiger partial charge in [0.15, 0.2) is 4.67 Å². The Balaban J connectivity index is 2.12. The maximum absolute atomic E-state index is 5.36. The van der Waals surface area contributed by atoms with Crippen LogP contribution in [-0.4, -0.2) is 13.7 Å². The molecule has 1 aromatic heterocycles. The van der Waals surface area contributed by atoms with Crippen molar-refractivity contribution in [3.63, 3.8) is 0 Å². The van der Waals surface area contributed by atoms with Gasteiger partial charge in [0.05, 0.1) is 13.4 Å². The van der Waals surface area contributed by atoms with Crippen LogP contribution in [0.1, 0.15) is 30.5 Å². The first-order valence-electron chi connectivity index (χ1n) is 6.83. The van der Waals surface area contributed by atoms with Gasteiger partial charge in [-0.15, -0.1) is 0 Å². The van der Waals surface area contributed by atoms with E-state index in [0.717, 1.165) is 35.4 Å². The zero-order valence-corrected chi connectivity index (χ0v) is 13.4. The highest BCUT2D eigenvalue weighted by molar-refractivity contribution is 9.10. The summed E-state index contributed by atoms with van der Waals surface area (Å²) in [4.78, 5) is 0. The summed E-state index contributed by atoms with van der Waals surface area (Å²) in [5.41, 5.74) is 2.43. The van der Waals surface area contributed by atoms with Gasteiger partial charge in [0.2, 0.25) is 0 Å². The molecule has 0 aliphatic carbocycles. The van der Waals surface area contributed by atoms with E-state index in [0.29, 0.717) is 0 Å². The van der Waals surface area contributed by atoms with Crippen LogP contribution in [0.5, 0.6) is 5.75 Å². The Bertz CT molecular complexity index is 522. The Labute approximate surface area is 128 Å². The van der Waals surface area contributed by atoms with E-state index in [4.69, 9.17) is 9.15 Å². The second-order valence-corrected chi connectivity index (χ2v) is 5.43. The largest absolute Gasteiger partial charge is 0.497 e. The molecule has 1 N–H and O–H groups in total. The third-order valence-corrected chi connectivity index (χ3v) is 3.91. The van der Waals surface area contributed by atoms with E-state index in [1.54, 1.807) is 13.4 Å². The minimum absolute atomic E-state index is 0.247. The molecule has 2 aromatic rings. The molecule has 0 saturated carbocycles. The van der Waals surface area contributed by atoms with E-state index < -0.39 is 0 Å². The van der Waals surface area contributed by atoms with Gasteiger partial charge in [0.25, 0.3) is 0 Å². The molecule has 4 heteroatoms. The zero-order chi connectivity index (χ0) is 14.4. The van der Waals surface area contributed by atoms with Gasteiger partial charge in [-0.25, -0.2) is 0 Å². The van der Waals surface area contributed by atoms with Crippen molar-refractivity contribution in [2.45, 2.75) is 25.8 Å². The summed E-state index contributed by atoms with van der Waals surface area (Å²) in [5.74, 6) is 0.885. The van der Waals surface area contributed by atoms with E-state index in [2.05, 4.69) is 40.3 Å². The fourth-order valence-electron chi connectivity index (χ4n) is 2.16. The molecule has 1 atom stereocenters. The highest BCUT2D eigenvalue weighted by atomic mass is 79.9. The zero-order valence-electron chi connectivity index (χ0n) is 11.9. The Morgan fingerprint density at radius 3 is 2.55 bits per heavy atom. The minimum Gasteiger partial charge on any atom is -0.497 e. The lowest BCUT2D eigenvalue weighted by Gasteiger charge is -2.18. The summed E-state index contributed by atoms with van der Waals surface area (Å²) in [6.45, 7) is 3.15. The van der Waals surface area contributed by atoms with Gasteiger partial charge in [0, 0.05) is 11.6 Å². The lowest BCUT2D eigenvalue weighted by molar-refractivity contribution is 0.414. The minimum atomic E-state index is 0.247. The van der Waals surface area contributed by atoms with Crippen molar-refractivity contribution in [3.05, 3.63) is 52.4 Å². The third-order valence-electron chi connectivity index (χ3n) is 3.26. The number of halogens is 1. The van der Waals surface area contributed by atoms with Crippen molar-refractivity contribution in [1.29, 1.82) is 0 Å². The standard InChI is InChI=1S/C16H20BrNO2/c1-3-9-18-15(14-8-10-20-16(14)17)11-12-4-6-13(19-2)7-5-12/h4-8,10,15,18H,3,9,11H2,1-2H3. The number of rotatable bonds is 7. The fraction of sp³-hybridized carbons (Fsp3) is 0.375. The second kappa shape index (κ2) is 7.50. The van der Waals surface area contributed by atoms with Crippen LogP contribution in [0, 0.1) is 0 Å². The Morgan fingerprint density at radius 1 is 1.25 bits per heavy atom. The van der Waals surface area contributed by atoms with E-state index in [1.807, 2.05) is 18.2 Å². The first-order valence-corrected chi connectivity index (χ1v) is 7.63. The molecule has 1 aromatic carbocycles. The van der Waals surface area contributed by atoms with Crippen LogP contribution in [-0.2, 0) is 6.42 Å². The molecule has 0 aliphatic rings. The van der Waals surface area contributed by atoms with Gasteiger partial charge < -0.3 is 14.5 Å². The van der Waals surface area contributed by atoms with Crippen molar-refractivity contribution in [1.82, 2.24) is 5.32 Å². The molecule has 1 heterocycles. The van der Waals surface area contributed by atoms with Crippen LogP contribution in [0.2, 0.25) is 0 Å². The predicted octanol–water partition coefficient (Wildman–Crippen LogP) is 4.33. The number of hydrogen-bond acceptors (Lipinski definition) is 3. The highest BCUT2D eigenvalue weighted by Crippen LogP contribution is 2.27. The molecule has 108 valence electrons. The maximum Gasteiger partial charge on any atom is 0.173 e. The van der Waals surface area contributed by atoms with Gasteiger partial charge >= 0.3 is 0 Å². The number of methoxy groups -OCH3 is 1. The quantitative estimate of drug-likeness (QED) is 0.816. The van der Waals surface area contributed by atoms with Gasteiger partial charge in [-0.2, -0.15) is 0 Å². The molecule has 1 unspecified atom stereocenters. The lowest BCUT2D eigenvalue weighted by Crippen LogP contribution is -2.24. The molecule has 0 saturated heterocycles. The van der Waals surface area contributed by atoms with Crippen molar-refractivity contribution >= 4 is 15.9 Å². The van der Waals surface area contributed by atoms with Crippen LogP contribution in [0.15, 0.2) is 45.7 Å². The first kappa shape index (κ1) is 15.1. The molecular formula is C16H20BrNO2. The SMILES string of the molecule is CCCNC(Cc1ccc(OC)cc1)c1ccoc1Br. The summed E-state index contributed by atoms with van der Waals surface area (Å²) >= 11 is 3.47. The van der Waals surface area contributed by atoms with Gasteiger partial charge in [-0.1, -0.05) is 19.1 Å². The van der Waals surface area contributed by atoms with Crippen molar-refractivity contribution in [3.8, 4) is 5.75 Å². The lowest BCUT2D eigenvalue weighted by atomic mass is 10.0. The van der Waals surface area contributed by atoms with Crippen molar-refractivity contribution < 1.29 is 9.15 Å². The number of hydrogen-bond donors (Lipinski definition) is 1. The Morgan fingerprint density at radius 2 is 2.00 bits per heavy atom. The molecule has 3 nitrogen and oxygen atoms in total. The van der Waals surface area contributed by atoms with Crippen molar-refractivity contribution in [2.75, 3.05) is 13.7 Å². The molecule has 0 radical (unpaired) electrons. The number of benzene rings is 1. The molecule has 2 rings (SSSR count). The van der Waals surface area contributed by atoms with Crippen LogP contribution in [0.3, 0.4) is 0 Å². The molecular weight excluding hydrogens is 318 g/mol.